The maximum absolute atomic E-state index is 12.1. The average Bonchev–Trinajstić information content (AvgIpc) is 2.99. The lowest BCUT2D eigenvalue weighted by Crippen LogP contribution is -2.29. The Kier molecular flexibility index (Phi) is 5.00. The summed E-state index contributed by atoms with van der Waals surface area (Å²) in [6.07, 6.45) is 5.55. The summed E-state index contributed by atoms with van der Waals surface area (Å²) in [5, 5.41) is 8.76. The highest BCUT2D eigenvalue weighted by atomic mass is 32.1. The standard InChI is InChI=1S/C13H17N5OS/c1-3-9(13-15-5-6-20-13)18-12(19)10-7-17-11(8-16-10)14-4-2/h5-9H,3-4H2,1-2H3,(H,14,17)(H,18,19). The number of anilines is 1. The molecule has 1 atom stereocenters. The summed E-state index contributed by atoms with van der Waals surface area (Å²) in [5.74, 6) is 0.429. The highest BCUT2D eigenvalue weighted by molar-refractivity contribution is 7.09. The molecular formula is C13H17N5OS. The maximum atomic E-state index is 12.1. The fourth-order valence-corrected chi connectivity index (χ4v) is 2.47. The van der Waals surface area contributed by atoms with Crippen LogP contribution in [0, 0.1) is 0 Å². The lowest BCUT2D eigenvalue weighted by Gasteiger charge is -2.14. The number of carbonyl (C=O) groups is 1. The molecule has 6 nitrogen and oxygen atoms in total. The van der Waals surface area contributed by atoms with Crippen molar-refractivity contribution >= 4 is 23.1 Å². The van der Waals surface area contributed by atoms with Crippen LogP contribution < -0.4 is 10.6 Å². The van der Waals surface area contributed by atoms with Crippen molar-refractivity contribution in [1.29, 1.82) is 0 Å². The molecule has 2 aromatic heterocycles. The third-order valence-corrected chi connectivity index (χ3v) is 3.59. The van der Waals surface area contributed by atoms with Crippen LogP contribution >= 0.6 is 11.3 Å². The van der Waals surface area contributed by atoms with E-state index in [1.54, 1.807) is 12.4 Å². The molecule has 0 spiro atoms. The van der Waals surface area contributed by atoms with Gasteiger partial charge in [0.1, 0.15) is 16.5 Å². The minimum atomic E-state index is -0.234. The molecule has 7 heteroatoms. The first-order chi connectivity index (χ1) is 9.74. The smallest absolute Gasteiger partial charge is 0.272 e. The summed E-state index contributed by atoms with van der Waals surface area (Å²) in [7, 11) is 0. The van der Waals surface area contributed by atoms with Crippen molar-refractivity contribution in [3.63, 3.8) is 0 Å². The molecule has 0 fully saturated rings. The van der Waals surface area contributed by atoms with Gasteiger partial charge in [-0.15, -0.1) is 11.3 Å². The fraction of sp³-hybridized carbons (Fsp3) is 0.385. The second-order valence-corrected chi connectivity index (χ2v) is 5.05. The highest BCUT2D eigenvalue weighted by Crippen LogP contribution is 2.19. The van der Waals surface area contributed by atoms with E-state index >= 15 is 0 Å². The molecule has 2 aromatic rings. The molecule has 1 unspecified atom stereocenters. The topological polar surface area (TPSA) is 79.8 Å². The number of rotatable bonds is 6. The van der Waals surface area contributed by atoms with Gasteiger partial charge in [0.15, 0.2) is 0 Å². The number of nitrogens with zero attached hydrogens (tertiary/aromatic N) is 3. The molecular weight excluding hydrogens is 274 g/mol. The van der Waals surface area contributed by atoms with Crippen LogP contribution in [-0.4, -0.2) is 27.4 Å². The van der Waals surface area contributed by atoms with Crippen molar-refractivity contribution in [2.45, 2.75) is 26.3 Å². The van der Waals surface area contributed by atoms with Crippen LogP contribution in [0.15, 0.2) is 24.0 Å². The van der Waals surface area contributed by atoms with Gasteiger partial charge in [0.2, 0.25) is 0 Å². The van der Waals surface area contributed by atoms with Gasteiger partial charge in [-0.2, -0.15) is 0 Å². The van der Waals surface area contributed by atoms with E-state index < -0.39 is 0 Å². The van der Waals surface area contributed by atoms with Crippen LogP contribution in [0.3, 0.4) is 0 Å². The van der Waals surface area contributed by atoms with Crippen LogP contribution in [0.5, 0.6) is 0 Å². The van der Waals surface area contributed by atoms with E-state index in [-0.39, 0.29) is 11.9 Å². The van der Waals surface area contributed by atoms with Crippen LogP contribution in [0.1, 0.15) is 41.8 Å². The molecule has 1 amide bonds. The van der Waals surface area contributed by atoms with E-state index in [9.17, 15) is 4.79 Å². The van der Waals surface area contributed by atoms with Crippen molar-refractivity contribution in [2.75, 3.05) is 11.9 Å². The lowest BCUT2D eigenvalue weighted by molar-refractivity contribution is 0.0930. The Labute approximate surface area is 121 Å². The van der Waals surface area contributed by atoms with E-state index in [1.807, 2.05) is 19.2 Å². The summed E-state index contributed by atoms with van der Waals surface area (Å²) in [4.78, 5) is 24.6. The van der Waals surface area contributed by atoms with Crippen molar-refractivity contribution in [3.05, 3.63) is 34.7 Å². The molecule has 0 aliphatic carbocycles. The molecule has 0 saturated heterocycles. The monoisotopic (exact) mass is 291 g/mol. The summed E-state index contributed by atoms with van der Waals surface area (Å²) < 4.78 is 0. The fourth-order valence-electron chi connectivity index (χ4n) is 1.69. The number of amides is 1. The molecule has 0 aliphatic heterocycles. The van der Waals surface area contributed by atoms with Crippen LogP contribution in [0.25, 0.3) is 0 Å². The second kappa shape index (κ2) is 6.95. The number of carbonyl (C=O) groups excluding carboxylic acids is 1. The zero-order valence-electron chi connectivity index (χ0n) is 11.5. The SMILES string of the molecule is CCNc1cnc(C(=O)NC(CC)c2nccs2)cn1. The van der Waals surface area contributed by atoms with Crippen LogP contribution in [-0.2, 0) is 0 Å². The zero-order chi connectivity index (χ0) is 14.4. The molecule has 106 valence electrons. The first kappa shape index (κ1) is 14.4. The van der Waals surface area contributed by atoms with E-state index in [0.717, 1.165) is 18.0 Å². The third-order valence-electron chi connectivity index (χ3n) is 2.71. The zero-order valence-corrected chi connectivity index (χ0v) is 12.3. The Morgan fingerprint density at radius 3 is 2.70 bits per heavy atom. The van der Waals surface area contributed by atoms with Gasteiger partial charge in [-0.1, -0.05) is 6.92 Å². The number of nitrogens with one attached hydrogen (secondary N) is 2. The Bertz CT molecular complexity index is 540. The maximum Gasteiger partial charge on any atom is 0.272 e. The molecule has 0 aromatic carbocycles. The van der Waals surface area contributed by atoms with E-state index in [1.165, 1.54) is 17.5 Å². The van der Waals surface area contributed by atoms with Crippen molar-refractivity contribution in [3.8, 4) is 0 Å². The van der Waals surface area contributed by atoms with Gasteiger partial charge in [0, 0.05) is 18.1 Å². The predicted molar refractivity (Wildman–Crippen MR) is 78.8 cm³/mol. The summed E-state index contributed by atoms with van der Waals surface area (Å²) in [5.41, 5.74) is 0.307. The molecule has 2 heterocycles. The first-order valence-electron chi connectivity index (χ1n) is 6.50. The lowest BCUT2D eigenvalue weighted by atomic mass is 10.2. The Morgan fingerprint density at radius 2 is 2.15 bits per heavy atom. The Morgan fingerprint density at radius 1 is 1.30 bits per heavy atom. The van der Waals surface area contributed by atoms with Crippen molar-refractivity contribution in [1.82, 2.24) is 20.3 Å². The van der Waals surface area contributed by atoms with Gasteiger partial charge in [-0.05, 0) is 13.3 Å². The first-order valence-corrected chi connectivity index (χ1v) is 7.38. The molecule has 20 heavy (non-hydrogen) atoms. The predicted octanol–water partition coefficient (Wildman–Crippen LogP) is 2.25. The van der Waals surface area contributed by atoms with Gasteiger partial charge in [-0.25, -0.2) is 15.0 Å². The molecule has 0 saturated carbocycles. The van der Waals surface area contributed by atoms with Gasteiger partial charge < -0.3 is 10.6 Å². The summed E-state index contributed by atoms with van der Waals surface area (Å²) in [6, 6.07) is -0.0854. The minimum Gasteiger partial charge on any atom is -0.369 e. The van der Waals surface area contributed by atoms with Crippen LogP contribution in [0.4, 0.5) is 5.82 Å². The number of hydrogen-bond acceptors (Lipinski definition) is 6. The van der Waals surface area contributed by atoms with Crippen molar-refractivity contribution < 1.29 is 4.79 Å². The number of aromatic nitrogens is 3. The average molecular weight is 291 g/mol. The van der Waals surface area contributed by atoms with Gasteiger partial charge in [0.25, 0.3) is 5.91 Å². The largest absolute Gasteiger partial charge is 0.369 e. The quantitative estimate of drug-likeness (QED) is 0.853. The summed E-state index contributed by atoms with van der Waals surface area (Å²) in [6.45, 7) is 4.75. The number of thiazole rings is 1. The van der Waals surface area contributed by atoms with Gasteiger partial charge >= 0.3 is 0 Å². The molecule has 2 rings (SSSR count). The molecule has 0 aliphatic rings. The molecule has 0 radical (unpaired) electrons. The van der Waals surface area contributed by atoms with Crippen LogP contribution in [0.2, 0.25) is 0 Å². The number of hydrogen-bond donors (Lipinski definition) is 2. The van der Waals surface area contributed by atoms with Crippen molar-refractivity contribution in [2.24, 2.45) is 0 Å². The van der Waals surface area contributed by atoms with Gasteiger partial charge in [0.05, 0.1) is 18.4 Å². The Hall–Kier alpha value is -2.02. The molecule has 0 bridgehead atoms. The highest BCUT2D eigenvalue weighted by Gasteiger charge is 2.17. The molecule has 2 N–H and O–H groups in total. The third kappa shape index (κ3) is 3.51. The Balaban J connectivity index is 2.03. The second-order valence-electron chi connectivity index (χ2n) is 4.12. The van der Waals surface area contributed by atoms with E-state index in [0.29, 0.717) is 11.5 Å². The minimum absolute atomic E-state index is 0.0854. The van der Waals surface area contributed by atoms with Gasteiger partial charge in [-0.3, -0.25) is 4.79 Å². The van der Waals surface area contributed by atoms with E-state index in [4.69, 9.17) is 0 Å². The normalized spacial score (nSPS) is 11.9. The van der Waals surface area contributed by atoms with E-state index in [2.05, 4.69) is 25.6 Å². The summed E-state index contributed by atoms with van der Waals surface area (Å²) >= 11 is 1.53.